The van der Waals surface area contributed by atoms with Crippen molar-refractivity contribution in [3.8, 4) is 0 Å². The third kappa shape index (κ3) is 3.46. The maximum atomic E-state index is 11.8. The third-order valence-corrected chi connectivity index (χ3v) is 3.35. The van der Waals surface area contributed by atoms with Crippen LogP contribution in [0.5, 0.6) is 0 Å². The van der Waals surface area contributed by atoms with Gasteiger partial charge in [-0.15, -0.1) is 0 Å². The number of rotatable bonds is 5. The van der Waals surface area contributed by atoms with Gasteiger partial charge in [-0.2, -0.15) is 0 Å². The summed E-state index contributed by atoms with van der Waals surface area (Å²) < 4.78 is 0. The summed E-state index contributed by atoms with van der Waals surface area (Å²) in [5, 5.41) is 5.40. The summed E-state index contributed by atoms with van der Waals surface area (Å²) in [4.78, 5) is 31.7. The topological polar surface area (TPSA) is 122 Å². The molecule has 1 fully saturated rings. The van der Waals surface area contributed by atoms with Gasteiger partial charge in [0.2, 0.25) is 11.8 Å². The summed E-state index contributed by atoms with van der Waals surface area (Å²) in [6, 6.07) is -0.476. The molecule has 0 radical (unpaired) electrons. The summed E-state index contributed by atoms with van der Waals surface area (Å²) in [6.45, 7) is 3.85. The number of aryl methyl sites for hydroxylation is 1. The van der Waals surface area contributed by atoms with Gasteiger partial charge in [-0.1, -0.05) is 6.92 Å². The molecule has 1 unspecified atom stereocenters. The van der Waals surface area contributed by atoms with Gasteiger partial charge >= 0.3 is 0 Å². The second kappa shape index (κ2) is 6.49. The fourth-order valence-corrected chi connectivity index (χ4v) is 2.18. The summed E-state index contributed by atoms with van der Waals surface area (Å²) in [5.74, 6) is 6.65. The minimum atomic E-state index is -0.476. The van der Waals surface area contributed by atoms with E-state index in [0.717, 1.165) is 18.4 Å². The first-order valence-electron chi connectivity index (χ1n) is 6.99. The van der Waals surface area contributed by atoms with Crippen molar-refractivity contribution >= 4 is 23.5 Å². The number of nitrogens with two attached hydrogens (primary N) is 1. The molecule has 2 heterocycles. The summed E-state index contributed by atoms with van der Waals surface area (Å²) in [6.07, 6.45) is 2.39. The number of aromatic nitrogens is 2. The zero-order valence-corrected chi connectivity index (χ0v) is 12.2. The molecular weight excluding hydrogens is 272 g/mol. The van der Waals surface area contributed by atoms with E-state index in [1.54, 1.807) is 0 Å². The van der Waals surface area contributed by atoms with Crippen molar-refractivity contribution in [3.63, 3.8) is 0 Å². The standard InChI is InChI=1S/C13H20N6O2/c1-3-4-9-16-11(7(2)12(17-9)19-14)15-8-5-6-10(20)18-13(8)21/h8H,3-6,14H2,1-2H3,(H,18,20,21)(H2,15,16,17,19). The average Bonchev–Trinajstić information content (AvgIpc) is 2.45. The van der Waals surface area contributed by atoms with E-state index in [1.165, 1.54) is 0 Å². The number of piperidine rings is 1. The number of hydrogen-bond acceptors (Lipinski definition) is 7. The molecule has 8 heteroatoms. The van der Waals surface area contributed by atoms with Gasteiger partial charge in [0.1, 0.15) is 23.5 Å². The van der Waals surface area contributed by atoms with E-state index in [2.05, 4.69) is 26.0 Å². The molecule has 1 aromatic rings. The first kappa shape index (κ1) is 15.2. The van der Waals surface area contributed by atoms with Crippen molar-refractivity contribution in [2.75, 3.05) is 10.7 Å². The Morgan fingerprint density at radius 2 is 2.05 bits per heavy atom. The Labute approximate surface area is 122 Å². The van der Waals surface area contributed by atoms with Crippen molar-refractivity contribution in [3.05, 3.63) is 11.4 Å². The first-order valence-corrected chi connectivity index (χ1v) is 6.99. The predicted molar refractivity (Wildman–Crippen MR) is 78.4 cm³/mol. The maximum absolute atomic E-state index is 11.8. The Morgan fingerprint density at radius 1 is 1.33 bits per heavy atom. The second-order valence-corrected chi connectivity index (χ2v) is 5.00. The molecular formula is C13H20N6O2. The van der Waals surface area contributed by atoms with Crippen molar-refractivity contribution in [1.82, 2.24) is 15.3 Å². The van der Waals surface area contributed by atoms with Crippen molar-refractivity contribution in [2.45, 2.75) is 45.6 Å². The SMILES string of the molecule is CCCc1nc(NN)c(C)c(NC2CCC(=O)NC2=O)n1. The number of hydrogen-bond donors (Lipinski definition) is 4. The molecule has 1 aliphatic rings. The molecule has 0 saturated carbocycles. The van der Waals surface area contributed by atoms with Crippen LogP contribution in [0.25, 0.3) is 0 Å². The fourth-order valence-electron chi connectivity index (χ4n) is 2.18. The highest BCUT2D eigenvalue weighted by atomic mass is 16.2. The lowest BCUT2D eigenvalue weighted by Gasteiger charge is -2.23. The highest BCUT2D eigenvalue weighted by Crippen LogP contribution is 2.22. The van der Waals surface area contributed by atoms with E-state index < -0.39 is 6.04 Å². The monoisotopic (exact) mass is 292 g/mol. The summed E-state index contributed by atoms with van der Waals surface area (Å²) in [7, 11) is 0. The van der Waals surface area contributed by atoms with Crippen molar-refractivity contribution < 1.29 is 9.59 Å². The van der Waals surface area contributed by atoms with Gasteiger partial charge < -0.3 is 10.7 Å². The Morgan fingerprint density at radius 3 is 2.67 bits per heavy atom. The molecule has 5 N–H and O–H groups in total. The maximum Gasteiger partial charge on any atom is 0.249 e. The van der Waals surface area contributed by atoms with Crippen LogP contribution in [0.1, 0.15) is 37.6 Å². The van der Waals surface area contributed by atoms with E-state index in [0.29, 0.717) is 30.3 Å². The van der Waals surface area contributed by atoms with E-state index in [1.807, 2.05) is 13.8 Å². The first-order chi connectivity index (χ1) is 10.0. The molecule has 1 atom stereocenters. The Hall–Kier alpha value is -2.22. The lowest BCUT2D eigenvalue weighted by molar-refractivity contribution is -0.133. The van der Waals surface area contributed by atoms with Crippen LogP contribution in [0.15, 0.2) is 0 Å². The Bertz CT molecular complexity index is 560. The highest BCUT2D eigenvalue weighted by molar-refractivity contribution is 6.01. The minimum Gasteiger partial charge on any atom is -0.358 e. The van der Waals surface area contributed by atoms with Crippen LogP contribution in [-0.2, 0) is 16.0 Å². The van der Waals surface area contributed by atoms with Gasteiger partial charge in [0.15, 0.2) is 0 Å². The number of hydrazine groups is 1. The average molecular weight is 292 g/mol. The van der Waals surface area contributed by atoms with Crippen LogP contribution in [0.2, 0.25) is 0 Å². The highest BCUT2D eigenvalue weighted by Gasteiger charge is 2.27. The van der Waals surface area contributed by atoms with Gasteiger partial charge in [0.05, 0.1) is 0 Å². The Kier molecular flexibility index (Phi) is 4.69. The molecule has 8 nitrogen and oxygen atoms in total. The fraction of sp³-hybridized carbons (Fsp3) is 0.538. The predicted octanol–water partition coefficient (Wildman–Crippen LogP) is 0.240. The lowest BCUT2D eigenvalue weighted by Crippen LogP contribution is -2.47. The van der Waals surface area contributed by atoms with Gasteiger partial charge in [-0.3, -0.25) is 14.9 Å². The smallest absolute Gasteiger partial charge is 0.249 e. The molecule has 114 valence electrons. The van der Waals surface area contributed by atoms with Gasteiger partial charge in [0, 0.05) is 18.4 Å². The zero-order valence-electron chi connectivity index (χ0n) is 12.2. The van der Waals surface area contributed by atoms with Crippen LogP contribution >= 0.6 is 0 Å². The third-order valence-electron chi connectivity index (χ3n) is 3.35. The quantitative estimate of drug-likeness (QED) is 0.348. The lowest BCUT2D eigenvalue weighted by atomic mass is 10.1. The second-order valence-electron chi connectivity index (χ2n) is 5.00. The van der Waals surface area contributed by atoms with E-state index in [4.69, 9.17) is 5.84 Å². The number of amides is 2. The van der Waals surface area contributed by atoms with E-state index in [-0.39, 0.29) is 11.8 Å². The van der Waals surface area contributed by atoms with Crippen LogP contribution < -0.4 is 21.9 Å². The number of nitrogens with one attached hydrogen (secondary N) is 3. The molecule has 1 aliphatic heterocycles. The zero-order chi connectivity index (χ0) is 15.4. The molecule has 1 saturated heterocycles. The molecule has 2 amide bonds. The van der Waals surface area contributed by atoms with Crippen LogP contribution in [-0.4, -0.2) is 27.8 Å². The van der Waals surface area contributed by atoms with E-state index >= 15 is 0 Å². The normalized spacial score (nSPS) is 18.3. The Balaban J connectivity index is 2.24. The van der Waals surface area contributed by atoms with Crippen LogP contribution in [0.3, 0.4) is 0 Å². The number of carbonyl (C=O) groups excluding carboxylic acids is 2. The minimum absolute atomic E-state index is 0.242. The van der Waals surface area contributed by atoms with Crippen LogP contribution in [0, 0.1) is 6.92 Å². The van der Waals surface area contributed by atoms with Crippen molar-refractivity contribution in [2.24, 2.45) is 5.84 Å². The number of anilines is 2. The molecule has 2 rings (SSSR count). The number of carbonyl (C=O) groups is 2. The number of nitrogen functional groups attached to an aromatic ring is 1. The molecule has 0 aliphatic carbocycles. The number of imide groups is 1. The molecule has 21 heavy (non-hydrogen) atoms. The summed E-state index contributed by atoms with van der Waals surface area (Å²) >= 11 is 0. The molecule has 0 spiro atoms. The molecule has 0 bridgehead atoms. The van der Waals surface area contributed by atoms with Crippen molar-refractivity contribution in [1.29, 1.82) is 0 Å². The number of nitrogens with zero attached hydrogens (tertiary/aromatic N) is 2. The van der Waals surface area contributed by atoms with Gasteiger partial charge in [-0.05, 0) is 19.8 Å². The largest absolute Gasteiger partial charge is 0.358 e. The van der Waals surface area contributed by atoms with Gasteiger partial charge in [0.25, 0.3) is 0 Å². The van der Waals surface area contributed by atoms with Crippen LogP contribution in [0.4, 0.5) is 11.6 Å². The molecule has 1 aromatic heterocycles. The van der Waals surface area contributed by atoms with Gasteiger partial charge in [-0.25, -0.2) is 15.8 Å². The molecule has 0 aromatic carbocycles. The van der Waals surface area contributed by atoms with E-state index in [9.17, 15) is 9.59 Å². The summed E-state index contributed by atoms with van der Waals surface area (Å²) in [5.41, 5.74) is 3.28.